The molecular weight excluding hydrogens is 349 g/mol. The molecule has 2 rings (SSSR count). The van der Waals surface area contributed by atoms with Crippen LogP contribution in [-0.4, -0.2) is 34.2 Å². The summed E-state index contributed by atoms with van der Waals surface area (Å²) in [7, 11) is 2.67. The zero-order valence-electron chi connectivity index (χ0n) is 14.0. The number of aromatic nitrogens is 2. The number of ether oxygens (including phenoxy) is 2. The summed E-state index contributed by atoms with van der Waals surface area (Å²) in [6.07, 6.45) is 0. The number of nitrogens with zero attached hydrogens (tertiary/aromatic N) is 2. The van der Waals surface area contributed by atoms with Gasteiger partial charge >= 0.3 is 11.7 Å². The molecule has 0 aliphatic carbocycles. The van der Waals surface area contributed by atoms with E-state index in [0.29, 0.717) is 0 Å². The number of esters is 1. The van der Waals surface area contributed by atoms with Crippen molar-refractivity contribution in [2.45, 2.75) is 0 Å². The molecule has 0 radical (unpaired) electrons. The molecule has 0 spiro atoms. The largest absolute Gasteiger partial charge is 0.482 e. The molecule has 0 fully saturated rings. The summed E-state index contributed by atoms with van der Waals surface area (Å²) in [4.78, 5) is 46.7. The molecule has 1 amide bonds. The van der Waals surface area contributed by atoms with Crippen molar-refractivity contribution in [3.63, 3.8) is 0 Å². The van der Waals surface area contributed by atoms with Crippen LogP contribution in [0.15, 0.2) is 39.9 Å². The topological polar surface area (TPSA) is 109 Å². The normalized spacial score (nSPS) is 10.3. The molecule has 1 N–H and O–H groups in total. The van der Waals surface area contributed by atoms with Crippen molar-refractivity contribution in [3.8, 4) is 5.75 Å². The number of nitrogens with one attached hydrogen (secondary N) is 1. The van der Waals surface area contributed by atoms with Crippen molar-refractivity contribution in [1.82, 2.24) is 9.13 Å². The summed E-state index contributed by atoms with van der Waals surface area (Å²) in [6, 6.07) is 6.25. The van der Waals surface area contributed by atoms with Crippen LogP contribution in [0.1, 0.15) is 0 Å². The van der Waals surface area contributed by atoms with Gasteiger partial charge in [0.25, 0.3) is 11.5 Å². The summed E-state index contributed by atoms with van der Waals surface area (Å²) in [5.74, 6) is -2.00. The number of hydrogen-bond acceptors (Lipinski definition) is 6. The minimum Gasteiger partial charge on any atom is -0.482 e. The number of benzene rings is 1. The molecule has 9 nitrogen and oxygen atoms in total. The highest BCUT2D eigenvalue weighted by molar-refractivity contribution is 5.92. The second-order valence-corrected chi connectivity index (χ2v) is 5.22. The van der Waals surface area contributed by atoms with Gasteiger partial charge < -0.3 is 14.8 Å². The lowest BCUT2D eigenvalue weighted by atomic mass is 10.3. The highest BCUT2D eigenvalue weighted by atomic mass is 19.1. The summed E-state index contributed by atoms with van der Waals surface area (Å²) < 4.78 is 24.6. The Balaban J connectivity index is 1.86. The lowest BCUT2D eigenvalue weighted by Gasteiger charge is -2.11. The summed E-state index contributed by atoms with van der Waals surface area (Å²) in [6.45, 7) is -1.16. The summed E-state index contributed by atoms with van der Waals surface area (Å²) in [5.41, 5.74) is -1.21. The van der Waals surface area contributed by atoms with Crippen LogP contribution in [0.4, 0.5) is 10.2 Å². The van der Waals surface area contributed by atoms with Gasteiger partial charge in [0.05, 0.1) is 0 Å². The van der Waals surface area contributed by atoms with Crippen molar-refractivity contribution in [2.75, 3.05) is 18.5 Å². The quantitative estimate of drug-likeness (QED) is 0.709. The molecule has 26 heavy (non-hydrogen) atoms. The fourth-order valence-corrected chi connectivity index (χ4v) is 1.92. The first-order chi connectivity index (χ1) is 12.3. The summed E-state index contributed by atoms with van der Waals surface area (Å²) >= 11 is 0. The van der Waals surface area contributed by atoms with Gasteiger partial charge in [-0.05, 0) is 12.1 Å². The molecule has 0 bridgehead atoms. The van der Waals surface area contributed by atoms with Gasteiger partial charge in [0, 0.05) is 26.2 Å². The van der Waals surface area contributed by atoms with E-state index in [-0.39, 0.29) is 11.6 Å². The predicted octanol–water partition coefficient (Wildman–Crippen LogP) is -0.216. The Morgan fingerprint density at radius 2 is 1.85 bits per heavy atom. The number of hydrogen-bond donors (Lipinski definition) is 1. The van der Waals surface area contributed by atoms with Crippen molar-refractivity contribution in [3.05, 3.63) is 57.0 Å². The van der Waals surface area contributed by atoms with E-state index >= 15 is 0 Å². The average Bonchev–Trinajstić information content (AvgIpc) is 2.61. The van der Waals surface area contributed by atoms with Gasteiger partial charge in [-0.15, -0.1) is 0 Å². The van der Waals surface area contributed by atoms with Crippen LogP contribution in [0.25, 0.3) is 0 Å². The van der Waals surface area contributed by atoms with Gasteiger partial charge in [0.2, 0.25) is 0 Å². The van der Waals surface area contributed by atoms with Crippen LogP contribution < -0.4 is 21.3 Å². The maximum Gasteiger partial charge on any atom is 0.344 e. The van der Waals surface area contributed by atoms with Crippen molar-refractivity contribution in [2.24, 2.45) is 14.1 Å². The Labute approximate surface area is 146 Å². The third kappa shape index (κ3) is 4.79. The van der Waals surface area contributed by atoms with Gasteiger partial charge in [0.1, 0.15) is 17.4 Å². The minimum atomic E-state index is -0.845. The van der Waals surface area contributed by atoms with Crippen LogP contribution in [0.3, 0.4) is 0 Å². The van der Waals surface area contributed by atoms with Gasteiger partial charge in [-0.1, -0.05) is 6.07 Å². The first-order valence-corrected chi connectivity index (χ1v) is 7.39. The third-order valence-corrected chi connectivity index (χ3v) is 3.31. The molecule has 2 aromatic rings. The Bertz CT molecular complexity index is 950. The second kappa shape index (κ2) is 8.10. The molecular formula is C16H16FN3O6. The zero-order valence-corrected chi connectivity index (χ0v) is 14.0. The monoisotopic (exact) mass is 365 g/mol. The number of rotatable bonds is 6. The predicted molar refractivity (Wildman–Crippen MR) is 88.4 cm³/mol. The summed E-state index contributed by atoms with van der Waals surface area (Å²) in [5, 5.41) is 2.30. The zero-order chi connectivity index (χ0) is 19.3. The Kier molecular flexibility index (Phi) is 5.89. The number of halogens is 1. The smallest absolute Gasteiger partial charge is 0.344 e. The Hall–Kier alpha value is -3.43. The standard InChI is InChI=1S/C16H16FN3O6/c1-19-12(7-14(22)20(2)16(19)24)18-13(21)8-26-15(23)9-25-11-5-3-4-10(17)6-11/h3-7H,8-9H2,1-2H3,(H,18,21). The van der Waals surface area contributed by atoms with Gasteiger partial charge in [-0.2, -0.15) is 0 Å². The van der Waals surface area contributed by atoms with Gasteiger partial charge in [-0.25, -0.2) is 14.0 Å². The molecule has 10 heteroatoms. The van der Waals surface area contributed by atoms with E-state index in [1.807, 2.05) is 0 Å². The highest BCUT2D eigenvalue weighted by Crippen LogP contribution is 2.11. The molecule has 1 aromatic heterocycles. The number of amides is 1. The molecule has 0 unspecified atom stereocenters. The average molecular weight is 365 g/mol. The SMILES string of the molecule is Cn1c(NC(=O)COC(=O)COc2cccc(F)c2)cc(=O)n(C)c1=O. The first kappa shape index (κ1) is 18.9. The maximum atomic E-state index is 13.0. The highest BCUT2D eigenvalue weighted by Gasteiger charge is 2.12. The van der Waals surface area contributed by atoms with E-state index in [1.54, 1.807) is 0 Å². The molecule has 0 aliphatic heterocycles. The van der Waals surface area contributed by atoms with Crippen molar-refractivity contribution >= 4 is 17.7 Å². The lowest BCUT2D eigenvalue weighted by Crippen LogP contribution is -2.38. The van der Waals surface area contributed by atoms with Crippen LogP contribution >= 0.6 is 0 Å². The lowest BCUT2D eigenvalue weighted by molar-refractivity contribution is -0.149. The molecule has 0 aliphatic rings. The van der Waals surface area contributed by atoms with Crippen LogP contribution in [0.5, 0.6) is 5.75 Å². The van der Waals surface area contributed by atoms with E-state index in [2.05, 4.69) is 5.32 Å². The van der Waals surface area contributed by atoms with E-state index < -0.39 is 42.2 Å². The second-order valence-electron chi connectivity index (χ2n) is 5.22. The van der Waals surface area contributed by atoms with E-state index in [4.69, 9.17) is 9.47 Å². The number of carbonyl (C=O) groups excluding carboxylic acids is 2. The molecule has 138 valence electrons. The van der Waals surface area contributed by atoms with Gasteiger partial charge in [0.15, 0.2) is 13.2 Å². The number of carbonyl (C=O) groups is 2. The van der Waals surface area contributed by atoms with Crippen molar-refractivity contribution < 1.29 is 23.5 Å². The fourth-order valence-electron chi connectivity index (χ4n) is 1.92. The van der Waals surface area contributed by atoms with E-state index in [9.17, 15) is 23.6 Å². The van der Waals surface area contributed by atoms with E-state index in [0.717, 1.165) is 21.3 Å². The maximum absolute atomic E-state index is 13.0. The Morgan fingerprint density at radius 1 is 1.12 bits per heavy atom. The molecule has 1 aromatic carbocycles. The first-order valence-electron chi connectivity index (χ1n) is 7.39. The minimum absolute atomic E-state index is 0.0323. The van der Waals surface area contributed by atoms with Crippen LogP contribution in [0.2, 0.25) is 0 Å². The molecule has 0 saturated carbocycles. The van der Waals surface area contributed by atoms with Crippen LogP contribution in [0, 0.1) is 5.82 Å². The Morgan fingerprint density at radius 3 is 2.54 bits per heavy atom. The molecule has 0 saturated heterocycles. The van der Waals surface area contributed by atoms with Gasteiger partial charge in [-0.3, -0.25) is 18.7 Å². The molecule has 1 heterocycles. The fraction of sp³-hybridized carbons (Fsp3) is 0.250. The molecule has 0 atom stereocenters. The van der Waals surface area contributed by atoms with E-state index in [1.165, 1.54) is 32.3 Å². The van der Waals surface area contributed by atoms with Crippen LogP contribution in [-0.2, 0) is 28.4 Å². The third-order valence-electron chi connectivity index (χ3n) is 3.31. The van der Waals surface area contributed by atoms with Crippen molar-refractivity contribution in [1.29, 1.82) is 0 Å². The number of anilines is 1.